The van der Waals surface area contributed by atoms with Crippen molar-refractivity contribution in [1.82, 2.24) is 9.80 Å². The highest BCUT2D eigenvalue weighted by atomic mass is 16.4. The van der Waals surface area contributed by atoms with E-state index in [0.29, 0.717) is 18.7 Å². The molecular weight excluding hydrogens is 256 g/mol. The van der Waals surface area contributed by atoms with Gasteiger partial charge in [-0.15, -0.1) is 0 Å². The summed E-state index contributed by atoms with van der Waals surface area (Å²) in [5.74, 6) is -0.856. The van der Waals surface area contributed by atoms with Crippen LogP contribution < -0.4 is 0 Å². The van der Waals surface area contributed by atoms with E-state index < -0.39 is 5.97 Å². The van der Waals surface area contributed by atoms with Gasteiger partial charge in [0.1, 0.15) is 0 Å². The zero-order valence-electron chi connectivity index (χ0n) is 11.8. The van der Waals surface area contributed by atoms with Gasteiger partial charge >= 0.3 is 5.97 Å². The molecule has 1 fully saturated rings. The molecule has 0 bridgehead atoms. The predicted molar refractivity (Wildman–Crippen MR) is 75.6 cm³/mol. The molecule has 0 unspecified atom stereocenters. The lowest BCUT2D eigenvalue weighted by Gasteiger charge is -2.43. The monoisotopic (exact) mass is 276 g/mol. The number of rotatable bonds is 3. The molecule has 1 saturated heterocycles. The predicted octanol–water partition coefficient (Wildman–Crippen LogP) is 1.31. The van der Waals surface area contributed by atoms with Crippen molar-refractivity contribution < 1.29 is 14.7 Å². The number of likely N-dealkylation sites (N-methyl/N-ethyl adjacent to an activating group) is 1. The molecule has 1 heterocycles. The second-order valence-corrected chi connectivity index (χ2v) is 5.36. The largest absolute Gasteiger partial charge is 0.481 e. The average molecular weight is 276 g/mol. The standard InChI is InChI=1S/C15H20N2O3/c1-11-9-16(2)13(8-14(18)19)10-17(11)15(20)12-6-4-3-5-7-12/h3-7,11,13H,8-10H2,1-2H3,(H,18,19)/t11-,13+/m1/s1. The first-order valence-corrected chi connectivity index (χ1v) is 6.77. The van der Waals surface area contributed by atoms with Crippen LogP contribution in [0.1, 0.15) is 23.7 Å². The Bertz CT molecular complexity index is 489. The number of amides is 1. The Balaban J connectivity index is 2.14. The van der Waals surface area contributed by atoms with Gasteiger partial charge < -0.3 is 10.0 Å². The SMILES string of the molecule is C[C@@H]1CN(C)[C@@H](CC(=O)O)CN1C(=O)c1ccccc1. The molecule has 1 aromatic rings. The van der Waals surface area contributed by atoms with Gasteiger partial charge in [-0.05, 0) is 26.1 Å². The molecule has 1 aliphatic rings. The van der Waals surface area contributed by atoms with Crippen molar-refractivity contribution in [3.63, 3.8) is 0 Å². The lowest BCUT2D eigenvalue weighted by atomic mass is 10.0. The van der Waals surface area contributed by atoms with Crippen molar-refractivity contribution in [2.45, 2.75) is 25.4 Å². The highest BCUT2D eigenvalue weighted by Crippen LogP contribution is 2.18. The maximum atomic E-state index is 12.5. The fourth-order valence-corrected chi connectivity index (χ4v) is 2.66. The third-order valence-corrected chi connectivity index (χ3v) is 3.81. The molecule has 20 heavy (non-hydrogen) atoms. The van der Waals surface area contributed by atoms with Gasteiger partial charge in [0.15, 0.2) is 0 Å². The Morgan fingerprint density at radius 2 is 1.90 bits per heavy atom. The van der Waals surface area contributed by atoms with E-state index in [-0.39, 0.29) is 24.4 Å². The Kier molecular flexibility index (Phi) is 4.39. The van der Waals surface area contributed by atoms with E-state index >= 15 is 0 Å². The Hall–Kier alpha value is -1.88. The van der Waals surface area contributed by atoms with Gasteiger partial charge in [0.05, 0.1) is 6.42 Å². The molecule has 1 aliphatic heterocycles. The first-order chi connectivity index (χ1) is 9.49. The van der Waals surface area contributed by atoms with Gasteiger partial charge in [0.2, 0.25) is 0 Å². The number of benzene rings is 1. The number of piperazine rings is 1. The van der Waals surface area contributed by atoms with Gasteiger partial charge in [-0.2, -0.15) is 0 Å². The van der Waals surface area contributed by atoms with Crippen molar-refractivity contribution in [2.24, 2.45) is 0 Å². The highest BCUT2D eigenvalue weighted by molar-refractivity contribution is 5.94. The minimum absolute atomic E-state index is 0.0263. The van der Waals surface area contributed by atoms with Crippen molar-refractivity contribution in [1.29, 1.82) is 0 Å². The van der Waals surface area contributed by atoms with E-state index in [9.17, 15) is 9.59 Å². The maximum Gasteiger partial charge on any atom is 0.305 e. The summed E-state index contributed by atoms with van der Waals surface area (Å²) < 4.78 is 0. The van der Waals surface area contributed by atoms with Crippen LogP contribution in [0.2, 0.25) is 0 Å². The van der Waals surface area contributed by atoms with Crippen LogP contribution >= 0.6 is 0 Å². The Morgan fingerprint density at radius 3 is 2.50 bits per heavy atom. The van der Waals surface area contributed by atoms with Crippen molar-refractivity contribution >= 4 is 11.9 Å². The van der Waals surface area contributed by atoms with Crippen LogP contribution in [0.15, 0.2) is 30.3 Å². The quantitative estimate of drug-likeness (QED) is 0.904. The second-order valence-electron chi connectivity index (χ2n) is 5.36. The summed E-state index contributed by atoms with van der Waals surface area (Å²) in [6, 6.07) is 9.08. The fourth-order valence-electron chi connectivity index (χ4n) is 2.66. The first kappa shape index (κ1) is 14.5. The van der Waals surface area contributed by atoms with Crippen molar-refractivity contribution in [3.8, 4) is 0 Å². The van der Waals surface area contributed by atoms with E-state index in [0.717, 1.165) is 0 Å². The van der Waals surface area contributed by atoms with E-state index in [1.165, 1.54) is 0 Å². The van der Waals surface area contributed by atoms with Crippen LogP contribution in [0, 0.1) is 0 Å². The summed E-state index contributed by atoms with van der Waals surface area (Å²) in [4.78, 5) is 27.2. The van der Waals surface area contributed by atoms with Crippen LogP contribution in [0.25, 0.3) is 0 Å². The number of aliphatic carboxylic acids is 1. The van der Waals surface area contributed by atoms with Crippen molar-refractivity contribution in [2.75, 3.05) is 20.1 Å². The third-order valence-electron chi connectivity index (χ3n) is 3.81. The molecule has 0 aromatic heterocycles. The zero-order chi connectivity index (χ0) is 14.7. The number of hydrogen-bond acceptors (Lipinski definition) is 3. The van der Waals surface area contributed by atoms with E-state index in [4.69, 9.17) is 5.11 Å². The Labute approximate surface area is 118 Å². The highest BCUT2D eigenvalue weighted by Gasteiger charge is 2.33. The molecule has 2 rings (SSSR count). The normalized spacial score (nSPS) is 23.6. The summed E-state index contributed by atoms with van der Waals surface area (Å²) in [5, 5.41) is 8.96. The number of carbonyl (C=O) groups is 2. The van der Waals surface area contributed by atoms with Crippen LogP contribution in [-0.4, -0.2) is 59.0 Å². The molecule has 1 N–H and O–H groups in total. The molecule has 0 saturated carbocycles. The van der Waals surface area contributed by atoms with E-state index in [2.05, 4.69) is 0 Å². The molecule has 5 nitrogen and oxygen atoms in total. The zero-order valence-corrected chi connectivity index (χ0v) is 11.8. The van der Waals surface area contributed by atoms with Gasteiger partial charge in [0, 0.05) is 30.7 Å². The molecule has 0 aliphatic carbocycles. The first-order valence-electron chi connectivity index (χ1n) is 6.77. The molecule has 5 heteroatoms. The van der Waals surface area contributed by atoms with E-state index in [1.54, 1.807) is 17.0 Å². The van der Waals surface area contributed by atoms with Gasteiger partial charge in [-0.25, -0.2) is 0 Å². The minimum Gasteiger partial charge on any atom is -0.481 e. The molecule has 0 spiro atoms. The molecule has 0 radical (unpaired) electrons. The molecule has 2 atom stereocenters. The molecule has 1 aromatic carbocycles. The smallest absolute Gasteiger partial charge is 0.305 e. The molecule has 1 amide bonds. The fraction of sp³-hybridized carbons (Fsp3) is 0.467. The number of carbonyl (C=O) groups excluding carboxylic acids is 1. The second kappa shape index (κ2) is 6.05. The third kappa shape index (κ3) is 3.17. The summed E-state index contributed by atoms with van der Waals surface area (Å²) in [5.41, 5.74) is 0.651. The maximum absolute atomic E-state index is 12.5. The van der Waals surface area contributed by atoms with Crippen LogP contribution in [0.5, 0.6) is 0 Å². The Morgan fingerprint density at radius 1 is 1.25 bits per heavy atom. The van der Waals surface area contributed by atoms with Crippen LogP contribution in [0.3, 0.4) is 0 Å². The molecular formula is C15H20N2O3. The van der Waals surface area contributed by atoms with Crippen molar-refractivity contribution in [3.05, 3.63) is 35.9 Å². The number of carboxylic acid groups (broad SMARTS) is 1. The summed E-state index contributed by atoms with van der Waals surface area (Å²) in [6.07, 6.45) is 0.0573. The van der Waals surface area contributed by atoms with Crippen LogP contribution in [-0.2, 0) is 4.79 Å². The summed E-state index contributed by atoms with van der Waals surface area (Å²) in [6.45, 7) is 3.14. The lowest BCUT2D eigenvalue weighted by Crippen LogP contribution is -2.58. The van der Waals surface area contributed by atoms with Gasteiger partial charge in [-0.1, -0.05) is 18.2 Å². The topological polar surface area (TPSA) is 60.9 Å². The number of carboxylic acids is 1. The lowest BCUT2D eigenvalue weighted by molar-refractivity contribution is -0.139. The summed E-state index contributed by atoms with van der Waals surface area (Å²) in [7, 11) is 1.91. The number of hydrogen-bond donors (Lipinski definition) is 1. The van der Waals surface area contributed by atoms with Crippen LogP contribution in [0.4, 0.5) is 0 Å². The summed E-state index contributed by atoms with van der Waals surface area (Å²) >= 11 is 0. The molecule has 108 valence electrons. The average Bonchev–Trinajstić information content (AvgIpc) is 2.41. The van der Waals surface area contributed by atoms with Gasteiger partial charge in [0.25, 0.3) is 5.91 Å². The van der Waals surface area contributed by atoms with Gasteiger partial charge in [-0.3, -0.25) is 14.5 Å². The number of nitrogens with zero attached hydrogens (tertiary/aromatic N) is 2. The van der Waals surface area contributed by atoms with E-state index in [1.807, 2.05) is 37.1 Å². The minimum atomic E-state index is -0.830.